The molecule has 2 atom stereocenters. The van der Waals surface area contributed by atoms with Gasteiger partial charge in [0.1, 0.15) is 5.54 Å². The minimum absolute atomic E-state index is 0.205. The molecule has 0 rings (SSSR count). The highest BCUT2D eigenvalue weighted by atomic mass is 33.4. The molecule has 1 N–H and O–H groups in total. The summed E-state index contributed by atoms with van der Waals surface area (Å²) in [5.74, 6) is 0.205. The number of methoxy groups -OCH3 is 1. The van der Waals surface area contributed by atoms with E-state index in [1.807, 2.05) is 0 Å². The zero-order chi connectivity index (χ0) is 17.9. The third-order valence-corrected chi connectivity index (χ3v) is 16.4. The molecule has 0 amide bonds. The van der Waals surface area contributed by atoms with E-state index in [9.17, 15) is 8.42 Å². The molecular formula is C14H33N2O3PS3. The molecule has 0 aromatic heterocycles. The number of nitrogens with one attached hydrogen (secondary N) is 1. The maximum atomic E-state index is 12.5. The summed E-state index contributed by atoms with van der Waals surface area (Å²) in [4.78, 5) is 0. The first kappa shape index (κ1) is 23.8. The Bertz CT molecular complexity index is 460. The van der Waals surface area contributed by atoms with Crippen LogP contribution in [0.2, 0.25) is 0 Å². The molecule has 0 aromatic rings. The summed E-state index contributed by atoms with van der Waals surface area (Å²) in [5, 5.41) is 3.14. The van der Waals surface area contributed by atoms with Crippen LogP contribution in [-0.4, -0.2) is 52.2 Å². The van der Waals surface area contributed by atoms with Gasteiger partial charge in [0, 0.05) is 30.1 Å². The maximum Gasteiger partial charge on any atom is 0.208 e. The highest BCUT2D eigenvalue weighted by Gasteiger charge is 2.33. The van der Waals surface area contributed by atoms with E-state index in [0.29, 0.717) is 19.6 Å². The number of hydrogen-bond acceptors (Lipinski definition) is 5. The molecule has 0 aliphatic rings. The number of rotatable bonds is 14. The second-order valence-corrected chi connectivity index (χ2v) is 16.4. The topological polar surface area (TPSA) is 58.6 Å². The van der Waals surface area contributed by atoms with Gasteiger partial charge in [0.2, 0.25) is 8.87 Å². The van der Waals surface area contributed by atoms with Crippen molar-refractivity contribution in [3.05, 3.63) is 0 Å². The van der Waals surface area contributed by atoms with Gasteiger partial charge in [0.05, 0.1) is 12.4 Å². The van der Waals surface area contributed by atoms with Crippen molar-refractivity contribution in [1.82, 2.24) is 9.76 Å². The van der Waals surface area contributed by atoms with Crippen molar-refractivity contribution in [2.45, 2.75) is 58.9 Å². The van der Waals surface area contributed by atoms with Gasteiger partial charge in [-0.05, 0) is 26.8 Å². The fourth-order valence-corrected chi connectivity index (χ4v) is 15.3. The summed E-state index contributed by atoms with van der Waals surface area (Å²) < 4.78 is 32.3. The van der Waals surface area contributed by atoms with Gasteiger partial charge < -0.3 is 4.74 Å². The molecule has 0 aromatic carbocycles. The Morgan fingerprint density at radius 2 is 1.96 bits per heavy atom. The van der Waals surface area contributed by atoms with Gasteiger partial charge in [0.25, 0.3) is 0 Å². The lowest BCUT2D eigenvalue weighted by molar-refractivity contribution is 0.170. The molecule has 0 radical (unpaired) electrons. The lowest BCUT2D eigenvalue weighted by atomic mass is 10.2. The van der Waals surface area contributed by atoms with Crippen LogP contribution < -0.4 is 5.09 Å². The van der Waals surface area contributed by atoms with Crippen LogP contribution >= 0.6 is 16.0 Å². The Morgan fingerprint density at radius 1 is 1.30 bits per heavy atom. The van der Waals surface area contributed by atoms with Crippen molar-refractivity contribution in [2.75, 3.05) is 33.1 Å². The van der Waals surface area contributed by atoms with Gasteiger partial charge in [-0.3, -0.25) is 5.09 Å². The smallest absolute Gasteiger partial charge is 0.208 e. The van der Waals surface area contributed by atoms with Gasteiger partial charge in [-0.2, -0.15) is 0 Å². The van der Waals surface area contributed by atoms with Gasteiger partial charge in [-0.25, -0.2) is 13.1 Å². The molecule has 0 fully saturated rings. The summed E-state index contributed by atoms with van der Waals surface area (Å²) in [5.41, 5.74) is -2.42. The van der Waals surface area contributed by atoms with Gasteiger partial charge in [0.15, 0.2) is 0 Å². The average molecular weight is 405 g/mol. The third-order valence-electron chi connectivity index (χ3n) is 3.71. The van der Waals surface area contributed by atoms with Gasteiger partial charge >= 0.3 is 0 Å². The molecule has 0 bridgehead atoms. The Morgan fingerprint density at radius 3 is 2.43 bits per heavy atom. The van der Waals surface area contributed by atoms with Gasteiger partial charge in [-0.15, -0.1) is 0 Å². The second kappa shape index (κ2) is 12.2. The first-order chi connectivity index (χ1) is 10.8. The molecule has 5 nitrogen and oxygen atoms in total. The number of hydrogen-bond donors (Lipinski definition) is 1. The van der Waals surface area contributed by atoms with Crippen LogP contribution in [0.25, 0.3) is 0 Å². The Kier molecular flexibility index (Phi) is 12.7. The first-order valence-electron chi connectivity index (χ1n) is 8.25. The molecule has 0 aliphatic carbocycles. The highest BCUT2D eigenvalue weighted by molar-refractivity contribution is 9.01. The summed E-state index contributed by atoms with van der Waals surface area (Å²) in [7, 11) is 1.15. The van der Waals surface area contributed by atoms with Crippen molar-refractivity contribution in [3.8, 4) is 0 Å². The minimum atomic E-state index is -3.23. The van der Waals surface area contributed by atoms with Crippen LogP contribution in [0.3, 0.4) is 0 Å². The van der Waals surface area contributed by atoms with E-state index < -0.39 is 14.4 Å². The van der Waals surface area contributed by atoms with Crippen LogP contribution in [0.15, 0.2) is 0 Å². The number of nitrogens with zero attached hydrogens (tertiary/aromatic N) is 1. The molecule has 0 spiro atoms. The third kappa shape index (κ3) is 9.19. The number of unbranched alkanes of at least 4 members (excludes halogenated alkanes) is 3. The van der Waals surface area contributed by atoms with Crippen LogP contribution in [0.5, 0.6) is 0 Å². The Hall–Kier alpha value is 0.830. The standard InChI is InChI=1S/C14H33N2O3PS3/c1-6-8-9-10-13-23(17,18)22-20(21,15-4)16(11-12-19-5)14(3)7-2/h14H,6-13H2,1-5H3,(H,15,21). The van der Waals surface area contributed by atoms with E-state index in [1.165, 1.54) is 0 Å². The van der Waals surface area contributed by atoms with Gasteiger partial charge in [-0.1, -0.05) is 44.9 Å². The van der Waals surface area contributed by atoms with E-state index in [1.54, 1.807) is 14.2 Å². The van der Waals surface area contributed by atoms with Crippen LogP contribution in [-0.2, 0) is 25.4 Å². The fraction of sp³-hybridized carbons (Fsp3) is 1.00. The van der Waals surface area contributed by atoms with Crippen LogP contribution in [0.1, 0.15) is 52.9 Å². The second-order valence-electron chi connectivity index (χ2n) is 5.55. The summed E-state index contributed by atoms with van der Waals surface area (Å²) in [6, 6.07) is 0.214. The minimum Gasteiger partial charge on any atom is -0.383 e. The predicted octanol–water partition coefficient (Wildman–Crippen LogP) is 3.82. The monoisotopic (exact) mass is 404 g/mol. The molecule has 9 heteroatoms. The largest absolute Gasteiger partial charge is 0.383 e. The first-order valence-corrected chi connectivity index (χ1v) is 14.6. The normalized spacial score (nSPS) is 16.4. The molecule has 140 valence electrons. The van der Waals surface area contributed by atoms with Crippen molar-refractivity contribution in [3.63, 3.8) is 0 Å². The zero-order valence-corrected chi connectivity index (χ0v) is 18.4. The molecule has 0 heterocycles. The van der Waals surface area contributed by atoms with Crippen LogP contribution in [0, 0.1) is 0 Å². The van der Waals surface area contributed by atoms with E-state index >= 15 is 0 Å². The quantitative estimate of drug-likeness (QED) is 0.268. The van der Waals surface area contributed by atoms with Crippen molar-refractivity contribution >= 4 is 36.6 Å². The van der Waals surface area contributed by atoms with Crippen molar-refractivity contribution in [1.29, 1.82) is 0 Å². The molecule has 0 aliphatic heterocycles. The summed E-state index contributed by atoms with van der Waals surface area (Å²) in [6.45, 7) is 7.47. The summed E-state index contributed by atoms with van der Waals surface area (Å²) in [6.07, 6.45) is 4.76. The van der Waals surface area contributed by atoms with Crippen molar-refractivity contribution in [2.24, 2.45) is 0 Å². The zero-order valence-electron chi connectivity index (χ0n) is 15.1. The van der Waals surface area contributed by atoms with Crippen molar-refractivity contribution < 1.29 is 13.2 Å². The van der Waals surface area contributed by atoms with E-state index in [-0.39, 0.29) is 11.8 Å². The van der Waals surface area contributed by atoms with E-state index in [0.717, 1.165) is 36.1 Å². The average Bonchev–Trinajstić information content (AvgIpc) is 2.51. The Balaban J connectivity index is 5.04. The van der Waals surface area contributed by atoms with E-state index in [4.69, 9.17) is 16.5 Å². The van der Waals surface area contributed by atoms with Crippen LogP contribution in [0.4, 0.5) is 0 Å². The predicted molar refractivity (Wildman–Crippen MR) is 107 cm³/mol. The fourth-order valence-electron chi connectivity index (χ4n) is 2.11. The molecule has 2 unspecified atom stereocenters. The maximum absolute atomic E-state index is 12.5. The molecular weight excluding hydrogens is 371 g/mol. The highest BCUT2D eigenvalue weighted by Crippen LogP contribution is 2.61. The molecule has 0 saturated carbocycles. The molecule has 0 saturated heterocycles. The van der Waals surface area contributed by atoms with E-state index in [2.05, 4.69) is 30.5 Å². The lowest BCUT2D eigenvalue weighted by Gasteiger charge is -2.37. The summed E-state index contributed by atoms with van der Waals surface area (Å²) >= 11 is 5.78. The molecule has 23 heavy (non-hydrogen) atoms. The lowest BCUT2D eigenvalue weighted by Crippen LogP contribution is -2.35. The Labute approximate surface area is 151 Å². The SMILES string of the molecule is CCCCCCS(=O)(=O)SP(=S)(NC)N(CCOC)C(C)CC. The number of ether oxygens (including phenoxy) is 1.